The van der Waals surface area contributed by atoms with E-state index in [4.69, 9.17) is 15.3 Å². The Labute approximate surface area is 129 Å². The summed E-state index contributed by atoms with van der Waals surface area (Å²) in [5.41, 5.74) is 6.33. The molecule has 0 spiro atoms. The smallest absolute Gasteiger partial charge is 0.339 e. The average Bonchev–Trinajstić information content (AvgIpc) is 2.78. The number of carbonyl (C=O) groups is 2. The van der Waals surface area contributed by atoms with Crippen molar-refractivity contribution in [3.05, 3.63) is 51.4 Å². The van der Waals surface area contributed by atoms with Gasteiger partial charge in [0.05, 0.1) is 12.1 Å². The maximum Gasteiger partial charge on any atom is 0.339 e. The number of rotatable bonds is 5. The Morgan fingerprint density at radius 2 is 2.05 bits per heavy atom. The summed E-state index contributed by atoms with van der Waals surface area (Å²) in [6.45, 7) is 1.83. The van der Waals surface area contributed by atoms with Crippen LogP contribution in [0.1, 0.15) is 32.2 Å². The number of nitrogens with two attached hydrogens (primary N) is 1. The summed E-state index contributed by atoms with van der Waals surface area (Å²) in [6, 6.07) is 6.54. The molecule has 0 radical (unpaired) electrons. The zero-order chi connectivity index (χ0) is 15.6. The molecule has 0 saturated heterocycles. The number of hydrogen-bond acceptors (Lipinski definition) is 4. The van der Waals surface area contributed by atoms with Crippen molar-refractivity contribution in [2.24, 2.45) is 5.73 Å². The average molecular weight is 353 g/mol. The molecule has 0 atom stereocenters. The number of carbonyl (C=O) groups excluding carboxylic acids is 1. The van der Waals surface area contributed by atoms with Crippen LogP contribution in [0, 0.1) is 6.92 Å². The van der Waals surface area contributed by atoms with E-state index in [-0.39, 0.29) is 12.1 Å². The van der Waals surface area contributed by atoms with Crippen LogP contribution in [0.15, 0.2) is 33.2 Å². The second kappa shape index (κ2) is 6.01. The Hall–Kier alpha value is -2.28. The van der Waals surface area contributed by atoms with Gasteiger partial charge in [-0.25, -0.2) is 4.79 Å². The van der Waals surface area contributed by atoms with Crippen molar-refractivity contribution < 1.29 is 19.1 Å². The lowest BCUT2D eigenvalue weighted by Gasteiger charge is -2.09. The highest BCUT2D eigenvalue weighted by Gasteiger charge is 2.14. The van der Waals surface area contributed by atoms with Gasteiger partial charge in [-0.3, -0.25) is 4.79 Å². The number of amides is 1. The Morgan fingerprint density at radius 1 is 1.33 bits per heavy atom. The van der Waals surface area contributed by atoms with Crippen LogP contribution in [0.4, 0.5) is 5.69 Å². The predicted molar refractivity (Wildman–Crippen MR) is 80.4 cm³/mol. The van der Waals surface area contributed by atoms with E-state index in [0.29, 0.717) is 22.8 Å². The molecule has 7 heteroatoms. The molecule has 21 heavy (non-hydrogen) atoms. The van der Waals surface area contributed by atoms with Gasteiger partial charge in [-0.2, -0.15) is 0 Å². The Bertz CT molecular complexity index is 709. The van der Waals surface area contributed by atoms with E-state index >= 15 is 0 Å². The molecule has 1 amide bonds. The number of anilines is 1. The van der Waals surface area contributed by atoms with Crippen molar-refractivity contribution in [1.29, 1.82) is 0 Å². The zero-order valence-electron chi connectivity index (χ0n) is 11.1. The first-order valence-corrected chi connectivity index (χ1v) is 6.83. The maximum atomic E-state index is 11.4. The van der Waals surface area contributed by atoms with Crippen molar-refractivity contribution in [2.75, 3.05) is 5.32 Å². The SMILES string of the molecule is Cc1oc(CNc2ccc(Br)cc2C(N)=O)cc1C(=O)O. The molecule has 1 aromatic heterocycles. The second-order valence-electron chi connectivity index (χ2n) is 4.40. The summed E-state index contributed by atoms with van der Waals surface area (Å²) in [6.07, 6.45) is 0. The van der Waals surface area contributed by atoms with E-state index in [9.17, 15) is 9.59 Å². The first-order chi connectivity index (χ1) is 9.88. The molecule has 0 aliphatic heterocycles. The first-order valence-electron chi connectivity index (χ1n) is 6.04. The van der Waals surface area contributed by atoms with Crippen molar-refractivity contribution in [2.45, 2.75) is 13.5 Å². The molecule has 0 fully saturated rings. The predicted octanol–water partition coefficient (Wildman–Crippen LogP) is 2.76. The number of benzene rings is 1. The van der Waals surface area contributed by atoms with Gasteiger partial charge < -0.3 is 20.6 Å². The third-order valence-corrected chi connectivity index (χ3v) is 3.39. The molecule has 6 nitrogen and oxygen atoms in total. The molecule has 1 heterocycles. The van der Waals surface area contributed by atoms with E-state index in [1.807, 2.05) is 0 Å². The van der Waals surface area contributed by atoms with Gasteiger partial charge >= 0.3 is 5.97 Å². The summed E-state index contributed by atoms with van der Waals surface area (Å²) in [5.74, 6) is -0.793. The minimum atomic E-state index is -1.04. The lowest BCUT2D eigenvalue weighted by molar-refractivity contribution is 0.0694. The standard InChI is InChI=1S/C14H13BrN2O4/c1-7-10(14(19)20)5-9(21-7)6-17-12-3-2-8(15)4-11(12)13(16)18/h2-5,17H,6H2,1H3,(H2,16,18)(H,19,20). The number of carboxylic acids is 1. The third kappa shape index (κ3) is 3.43. The fourth-order valence-corrected chi connectivity index (χ4v) is 2.26. The number of aromatic carboxylic acids is 1. The molecule has 110 valence electrons. The summed E-state index contributed by atoms with van der Waals surface area (Å²) < 4.78 is 6.09. The third-order valence-electron chi connectivity index (χ3n) is 2.90. The molecule has 2 rings (SSSR count). The van der Waals surface area contributed by atoms with Crippen LogP contribution in [-0.4, -0.2) is 17.0 Å². The quantitative estimate of drug-likeness (QED) is 0.767. The number of furan rings is 1. The van der Waals surface area contributed by atoms with Crippen LogP contribution in [0.2, 0.25) is 0 Å². The number of nitrogens with one attached hydrogen (secondary N) is 1. The number of carboxylic acid groups (broad SMARTS) is 1. The van der Waals surface area contributed by atoms with Gasteiger partial charge in [0, 0.05) is 10.2 Å². The summed E-state index contributed by atoms with van der Waals surface area (Å²) in [4.78, 5) is 22.3. The molecule has 2 aromatic rings. The molecule has 0 aliphatic rings. The van der Waals surface area contributed by atoms with Gasteiger partial charge in [0.25, 0.3) is 5.91 Å². The van der Waals surface area contributed by atoms with Crippen molar-refractivity contribution in [3.8, 4) is 0 Å². The minimum absolute atomic E-state index is 0.123. The van der Waals surface area contributed by atoms with E-state index in [1.54, 1.807) is 25.1 Å². The highest BCUT2D eigenvalue weighted by Crippen LogP contribution is 2.22. The van der Waals surface area contributed by atoms with Crippen molar-refractivity contribution in [3.63, 3.8) is 0 Å². The lowest BCUT2D eigenvalue weighted by atomic mass is 10.1. The summed E-state index contributed by atoms with van der Waals surface area (Å²) in [7, 11) is 0. The number of hydrogen-bond donors (Lipinski definition) is 3. The summed E-state index contributed by atoms with van der Waals surface area (Å²) in [5, 5.41) is 12.0. The fraction of sp³-hybridized carbons (Fsp3) is 0.143. The van der Waals surface area contributed by atoms with Crippen molar-refractivity contribution >= 4 is 33.5 Å². The number of aryl methyl sites for hydroxylation is 1. The maximum absolute atomic E-state index is 11.4. The molecular weight excluding hydrogens is 340 g/mol. The van der Waals surface area contributed by atoms with E-state index in [2.05, 4.69) is 21.2 Å². The van der Waals surface area contributed by atoms with Gasteiger partial charge in [0.1, 0.15) is 17.1 Å². The molecule has 0 aliphatic carbocycles. The van der Waals surface area contributed by atoms with Crippen molar-refractivity contribution in [1.82, 2.24) is 0 Å². The van der Waals surface area contributed by atoms with Crippen LogP contribution in [-0.2, 0) is 6.54 Å². The highest BCUT2D eigenvalue weighted by atomic mass is 79.9. The van der Waals surface area contributed by atoms with Crippen LogP contribution in [0.5, 0.6) is 0 Å². The van der Waals surface area contributed by atoms with Gasteiger partial charge in [-0.15, -0.1) is 0 Å². The van der Waals surface area contributed by atoms with Crippen LogP contribution < -0.4 is 11.1 Å². The molecule has 0 saturated carbocycles. The molecule has 0 unspecified atom stereocenters. The number of halogens is 1. The van der Waals surface area contributed by atoms with E-state index in [1.165, 1.54) is 6.07 Å². The van der Waals surface area contributed by atoms with Gasteiger partial charge in [0.2, 0.25) is 0 Å². The normalized spacial score (nSPS) is 10.4. The second-order valence-corrected chi connectivity index (χ2v) is 5.31. The highest BCUT2D eigenvalue weighted by molar-refractivity contribution is 9.10. The lowest BCUT2D eigenvalue weighted by Crippen LogP contribution is -2.14. The van der Waals surface area contributed by atoms with Gasteiger partial charge in [-0.05, 0) is 31.2 Å². The number of primary amides is 1. The molecular formula is C14H13BrN2O4. The topological polar surface area (TPSA) is 106 Å². The van der Waals surface area contributed by atoms with Crippen LogP contribution in [0.3, 0.4) is 0 Å². The van der Waals surface area contributed by atoms with Crippen LogP contribution >= 0.6 is 15.9 Å². The molecule has 1 aromatic carbocycles. The van der Waals surface area contributed by atoms with Gasteiger partial charge in [0.15, 0.2) is 0 Å². The summed E-state index contributed by atoms with van der Waals surface area (Å²) >= 11 is 3.27. The first kappa shape index (κ1) is 15.1. The molecule has 0 bridgehead atoms. The van der Waals surface area contributed by atoms with E-state index in [0.717, 1.165) is 4.47 Å². The molecule has 4 N–H and O–H groups in total. The fourth-order valence-electron chi connectivity index (χ4n) is 1.90. The van der Waals surface area contributed by atoms with E-state index < -0.39 is 11.9 Å². The Morgan fingerprint density at radius 3 is 2.62 bits per heavy atom. The minimum Gasteiger partial charge on any atom is -0.478 e. The van der Waals surface area contributed by atoms with Crippen LogP contribution in [0.25, 0.3) is 0 Å². The monoisotopic (exact) mass is 352 g/mol. The largest absolute Gasteiger partial charge is 0.478 e. The zero-order valence-corrected chi connectivity index (χ0v) is 12.7. The Balaban J connectivity index is 2.19. The Kier molecular flexibility index (Phi) is 4.32. The van der Waals surface area contributed by atoms with Gasteiger partial charge in [-0.1, -0.05) is 15.9 Å².